The molecule has 0 fully saturated rings. The fraction of sp³-hybridized carbons (Fsp3) is 0.400. The van der Waals surface area contributed by atoms with E-state index in [1.165, 1.54) is 0 Å². The fourth-order valence-corrected chi connectivity index (χ4v) is 1.58. The molecule has 0 aromatic carbocycles. The summed E-state index contributed by atoms with van der Waals surface area (Å²) in [6.07, 6.45) is 2.64. The van der Waals surface area contributed by atoms with Crippen LogP contribution in [-0.2, 0) is 6.42 Å². The Morgan fingerprint density at radius 3 is 2.93 bits per heavy atom. The van der Waals surface area contributed by atoms with Crippen LogP contribution in [0.1, 0.15) is 17.1 Å². The van der Waals surface area contributed by atoms with Crippen LogP contribution < -0.4 is 5.73 Å². The summed E-state index contributed by atoms with van der Waals surface area (Å²) in [6, 6.07) is 1.98. The van der Waals surface area contributed by atoms with Gasteiger partial charge in [0.1, 0.15) is 12.0 Å². The van der Waals surface area contributed by atoms with Gasteiger partial charge in [-0.25, -0.2) is 9.97 Å². The first-order valence-corrected chi connectivity index (χ1v) is 4.72. The molecule has 2 heterocycles. The molecule has 0 bridgehead atoms. The summed E-state index contributed by atoms with van der Waals surface area (Å²) >= 11 is 0. The van der Waals surface area contributed by atoms with Crippen LogP contribution in [0.25, 0.3) is 5.65 Å². The lowest BCUT2D eigenvalue weighted by atomic mass is 10.2. The van der Waals surface area contributed by atoms with Crippen LogP contribution in [0.15, 0.2) is 12.4 Å². The standard InChI is InChI=1S/C10H14N4/c1-7-5-10-13-9(3-4-11)8(2)14(10)6-12-7/h5-6H,3-4,11H2,1-2H3. The second-order valence-electron chi connectivity index (χ2n) is 3.44. The van der Waals surface area contributed by atoms with Crippen LogP contribution in [-0.4, -0.2) is 20.9 Å². The third kappa shape index (κ3) is 1.37. The van der Waals surface area contributed by atoms with Crippen LogP contribution in [0.2, 0.25) is 0 Å². The predicted octanol–water partition coefficient (Wildman–Crippen LogP) is 0.847. The molecule has 2 aromatic heterocycles. The highest BCUT2D eigenvalue weighted by molar-refractivity contribution is 5.43. The maximum absolute atomic E-state index is 5.52. The second-order valence-corrected chi connectivity index (χ2v) is 3.44. The number of aromatic nitrogens is 3. The van der Waals surface area contributed by atoms with Crippen molar-refractivity contribution in [1.29, 1.82) is 0 Å². The van der Waals surface area contributed by atoms with Gasteiger partial charge >= 0.3 is 0 Å². The number of nitrogens with zero attached hydrogens (tertiary/aromatic N) is 3. The molecule has 0 saturated heterocycles. The average Bonchev–Trinajstić information content (AvgIpc) is 2.44. The van der Waals surface area contributed by atoms with E-state index in [1.54, 1.807) is 0 Å². The first-order chi connectivity index (χ1) is 6.72. The van der Waals surface area contributed by atoms with Crippen molar-refractivity contribution in [3.05, 3.63) is 29.5 Å². The molecule has 0 atom stereocenters. The Bertz CT molecular complexity index is 458. The van der Waals surface area contributed by atoms with Gasteiger partial charge in [0, 0.05) is 23.9 Å². The molecule has 0 spiro atoms. The number of imidazole rings is 1. The number of rotatable bonds is 2. The van der Waals surface area contributed by atoms with Crippen LogP contribution in [0.5, 0.6) is 0 Å². The van der Waals surface area contributed by atoms with E-state index in [4.69, 9.17) is 5.73 Å². The molecule has 4 nitrogen and oxygen atoms in total. The predicted molar refractivity (Wildman–Crippen MR) is 55.2 cm³/mol. The molecule has 0 amide bonds. The minimum Gasteiger partial charge on any atom is -0.330 e. The normalized spacial score (nSPS) is 11.1. The highest BCUT2D eigenvalue weighted by atomic mass is 15.1. The van der Waals surface area contributed by atoms with Crippen molar-refractivity contribution in [3.63, 3.8) is 0 Å². The van der Waals surface area contributed by atoms with E-state index in [1.807, 2.05) is 30.6 Å². The molecule has 0 radical (unpaired) electrons. The topological polar surface area (TPSA) is 56.2 Å². The van der Waals surface area contributed by atoms with Gasteiger partial charge in [-0.15, -0.1) is 0 Å². The molecule has 0 unspecified atom stereocenters. The first kappa shape index (κ1) is 9.15. The van der Waals surface area contributed by atoms with Crippen molar-refractivity contribution in [2.75, 3.05) is 6.54 Å². The molecule has 2 rings (SSSR count). The molecule has 74 valence electrons. The average molecular weight is 190 g/mol. The Kier molecular flexibility index (Phi) is 2.21. The quantitative estimate of drug-likeness (QED) is 0.763. The Labute approximate surface area is 82.8 Å². The number of aryl methyl sites for hydroxylation is 2. The van der Waals surface area contributed by atoms with Crippen LogP contribution in [0.3, 0.4) is 0 Å². The van der Waals surface area contributed by atoms with Gasteiger partial charge in [-0.1, -0.05) is 0 Å². The first-order valence-electron chi connectivity index (χ1n) is 4.72. The summed E-state index contributed by atoms with van der Waals surface area (Å²) in [4.78, 5) is 8.74. The molecule has 0 saturated carbocycles. The SMILES string of the molecule is Cc1cc2nc(CCN)c(C)n2cn1. The highest BCUT2D eigenvalue weighted by Gasteiger charge is 2.06. The molecule has 0 aliphatic heterocycles. The molecular formula is C10H14N4. The summed E-state index contributed by atoms with van der Waals surface area (Å²) in [6.45, 7) is 4.64. The maximum atomic E-state index is 5.52. The molecule has 2 N–H and O–H groups in total. The summed E-state index contributed by atoms with van der Waals surface area (Å²) < 4.78 is 2.00. The van der Waals surface area contributed by atoms with Gasteiger partial charge in [0.25, 0.3) is 0 Å². The number of hydrogen-bond acceptors (Lipinski definition) is 3. The summed E-state index contributed by atoms with van der Waals surface area (Å²) in [7, 11) is 0. The van der Waals surface area contributed by atoms with Gasteiger partial charge in [-0.2, -0.15) is 0 Å². The smallest absolute Gasteiger partial charge is 0.140 e. The number of fused-ring (bicyclic) bond motifs is 1. The number of hydrogen-bond donors (Lipinski definition) is 1. The molecule has 4 heteroatoms. The third-order valence-electron chi connectivity index (χ3n) is 2.37. The number of nitrogens with two attached hydrogens (primary N) is 1. The van der Waals surface area contributed by atoms with Crippen molar-refractivity contribution in [3.8, 4) is 0 Å². The van der Waals surface area contributed by atoms with Crippen molar-refractivity contribution in [2.24, 2.45) is 5.73 Å². The third-order valence-corrected chi connectivity index (χ3v) is 2.37. The maximum Gasteiger partial charge on any atom is 0.140 e. The Morgan fingerprint density at radius 2 is 2.21 bits per heavy atom. The van der Waals surface area contributed by atoms with Crippen molar-refractivity contribution in [1.82, 2.24) is 14.4 Å². The van der Waals surface area contributed by atoms with E-state index in [0.29, 0.717) is 6.54 Å². The van der Waals surface area contributed by atoms with Crippen LogP contribution >= 0.6 is 0 Å². The van der Waals surface area contributed by atoms with Gasteiger partial charge < -0.3 is 5.73 Å². The zero-order valence-electron chi connectivity index (χ0n) is 8.49. The van der Waals surface area contributed by atoms with Crippen LogP contribution in [0, 0.1) is 13.8 Å². The van der Waals surface area contributed by atoms with E-state index in [2.05, 4.69) is 9.97 Å². The van der Waals surface area contributed by atoms with E-state index in [-0.39, 0.29) is 0 Å². The molecule has 0 aliphatic rings. The molecule has 0 aliphatic carbocycles. The van der Waals surface area contributed by atoms with E-state index >= 15 is 0 Å². The van der Waals surface area contributed by atoms with Gasteiger partial charge in [0.2, 0.25) is 0 Å². The van der Waals surface area contributed by atoms with Gasteiger partial charge in [-0.3, -0.25) is 4.40 Å². The monoisotopic (exact) mass is 190 g/mol. The second kappa shape index (κ2) is 3.38. The Morgan fingerprint density at radius 1 is 1.43 bits per heavy atom. The van der Waals surface area contributed by atoms with Crippen LogP contribution in [0.4, 0.5) is 0 Å². The molecular weight excluding hydrogens is 176 g/mol. The zero-order valence-corrected chi connectivity index (χ0v) is 8.49. The summed E-state index contributed by atoms with van der Waals surface area (Å²) in [5.74, 6) is 0. The molecule has 14 heavy (non-hydrogen) atoms. The molecule has 2 aromatic rings. The lowest BCUT2D eigenvalue weighted by Gasteiger charge is -1.96. The van der Waals surface area contributed by atoms with E-state index in [9.17, 15) is 0 Å². The van der Waals surface area contributed by atoms with E-state index in [0.717, 1.165) is 29.1 Å². The highest BCUT2D eigenvalue weighted by Crippen LogP contribution is 2.11. The van der Waals surface area contributed by atoms with Crippen molar-refractivity contribution in [2.45, 2.75) is 20.3 Å². The summed E-state index contributed by atoms with van der Waals surface area (Å²) in [5.41, 5.74) is 9.67. The lowest BCUT2D eigenvalue weighted by molar-refractivity contribution is 0.917. The van der Waals surface area contributed by atoms with E-state index < -0.39 is 0 Å². The van der Waals surface area contributed by atoms with Crippen molar-refractivity contribution >= 4 is 5.65 Å². The zero-order chi connectivity index (χ0) is 10.1. The Balaban J connectivity index is 2.61. The van der Waals surface area contributed by atoms with Crippen molar-refractivity contribution < 1.29 is 0 Å². The Hall–Kier alpha value is -1.42. The summed E-state index contributed by atoms with van der Waals surface area (Å²) in [5, 5.41) is 0. The lowest BCUT2D eigenvalue weighted by Crippen LogP contribution is -2.04. The van der Waals surface area contributed by atoms with Gasteiger partial charge in [-0.05, 0) is 20.4 Å². The largest absolute Gasteiger partial charge is 0.330 e. The van der Waals surface area contributed by atoms with Gasteiger partial charge in [0.15, 0.2) is 0 Å². The minimum absolute atomic E-state index is 0.636. The fourth-order valence-electron chi connectivity index (χ4n) is 1.58. The minimum atomic E-state index is 0.636. The van der Waals surface area contributed by atoms with Gasteiger partial charge in [0.05, 0.1) is 5.69 Å².